The highest BCUT2D eigenvalue weighted by Crippen LogP contribution is 2.22. The number of ether oxygens (including phenoxy) is 1. The lowest BCUT2D eigenvalue weighted by atomic mass is 10.1. The zero-order valence-corrected chi connectivity index (χ0v) is 19.6. The van der Waals surface area contributed by atoms with E-state index in [9.17, 15) is 17.6 Å². The fraction of sp³-hybridized carbons (Fsp3) is 0.161. The summed E-state index contributed by atoms with van der Waals surface area (Å²) >= 11 is 0. The van der Waals surface area contributed by atoms with Crippen LogP contribution in [-0.4, -0.2) is 6.61 Å². The molecule has 0 fully saturated rings. The van der Waals surface area contributed by atoms with E-state index in [1.165, 1.54) is 24.3 Å². The van der Waals surface area contributed by atoms with Gasteiger partial charge in [-0.2, -0.15) is 0 Å². The monoisotopic (exact) mass is 486 g/mol. The van der Waals surface area contributed by atoms with Crippen LogP contribution < -0.4 is 4.74 Å². The van der Waals surface area contributed by atoms with Gasteiger partial charge < -0.3 is 4.74 Å². The van der Waals surface area contributed by atoms with Gasteiger partial charge in [-0.3, -0.25) is 0 Å². The molecule has 0 aliphatic carbocycles. The summed E-state index contributed by atoms with van der Waals surface area (Å²) in [6.45, 7) is 2.79. The van der Waals surface area contributed by atoms with E-state index in [1.54, 1.807) is 12.1 Å². The van der Waals surface area contributed by atoms with Gasteiger partial charge in [-0.05, 0) is 66.4 Å². The van der Waals surface area contributed by atoms with E-state index in [-0.39, 0.29) is 10.9 Å². The highest BCUT2D eigenvalue weighted by molar-refractivity contribution is 5.84. The third kappa shape index (κ3) is 6.06. The molecule has 0 spiro atoms. The molecule has 0 amide bonds. The van der Waals surface area contributed by atoms with E-state index in [1.807, 2.05) is 12.1 Å². The fourth-order valence-corrected chi connectivity index (χ4v) is 3.56. The SMILES string of the molecule is CCCCCOc1ccc(C#Cc2cc(F)c(C#Cc3ccc4c(F)c(F)ccc4c3)c(F)c2)cc1. The van der Waals surface area contributed by atoms with Crippen molar-refractivity contribution < 1.29 is 22.3 Å². The number of unbranched alkanes of at least 4 members (excludes halogenated alkanes) is 2. The van der Waals surface area contributed by atoms with E-state index in [2.05, 4.69) is 30.6 Å². The van der Waals surface area contributed by atoms with Crippen molar-refractivity contribution in [2.45, 2.75) is 26.2 Å². The van der Waals surface area contributed by atoms with Crippen LogP contribution in [0.15, 0.2) is 66.7 Å². The highest BCUT2D eigenvalue weighted by Gasteiger charge is 2.09. The van der Waals surface area contributed by atoms with Crippen LogP contribution in [0.5, 0.6) is 5.75 Å². The minimum atomic E-state index is -0.951. The van der Waals surface area contributed by atoms with Gasteiger partial charge in [-0.15, -0.1) is 0 Å². The second-order valence-corrected chi connectivity index (χ2v) is 8.19. The number of fused-ring (bicyclic) bond motifs is 1. The predicted octanol–water partition coefficient (Wildman–Crippen LogP) is 7.76. The number of hydrogen-bond donors (Lipinski definition) is 0. The number of hydrogen-bond acceptors (Lipinski definition) is 1. The fourth-order valence-electron chi connectivity index (χ4n) is 3.56. The molecule has 0 radical (unpaired) electrons. The van der Waals surface area contributed by atoms with Crippen molar-refractivity contribution in [2.75, 3.05) is 6.61 Å². The van der Waals surface area contributed by atoms with Crippen LogP contribution in [0.4, 0.5) is 17.6 Å². The molecule has 0 saturated carbocycles. The second kappa shape index (κ2) is 11.5. The first-order valence-corrected chi connectivity index (χ1v) is 11.6. The maximum atomic E-state index is 14.6. The molecule has 180 valence electrons. The van der Waals surface area contributed by atoms with Gasteiger partial charge in [0.2, 0.25) is 0 Å². The van der Waals surface area contributed by atoms with Gasteiger partial charge in [0.05, 0.1) is 12.2 Å². The van der Waals surface area contributed by atoms with Crippen LogP contribution in [0, 0.1) is 47.0 Å². The average Bonchev–Trinajstić information content (AvgIpc) is 2.88. The van der Waals surface area contributed by atoms with Crippen LogP contribution in [0.2, 0.25) is 0 Å². The minimum absolute atomic E-state index is 0.106. The molecule has 0 unspecified atom stereocenters. The summed E-state index contributed by atoms with van der Waals surface area (Å²) in [7, 11) is 0. The molecule has 1 nitrogen and oxygen atoms in total. The third-order valence-corrected chi connectivity index (χ3v) is 5.50. The molecule has 0 heterocycles. The Morgan fingerprint density at radius 2 is 1.31 bits per heavy atom. The Bertz CT molecular complexity index is 1490. The normalized spacial score (nSPS) is 10.4. The average molecular weight is 487 g/mol. The molecule has 36 heavy (non-hydrogen) atoms. The van der Waals surface area contributed by atoms with Gasteiger partial charge in [0.15, 0.2) is 11.6 Å². The lowest BCUT2D eigenvalue weighted by Gasteiger charge is -2.05. The Morgan fingerprint density at radius 1 is 0.639 bits per heavy atom. The van der Waals surface area contributed by atoms with Crippen LogP contribution in [0.25, 0.3) is 10.8 Å². The second-order valence-electron chi connectivity index (χ2n) is 8.19. The van der Waals surface area contributed by atoms with E-state index >= 15 is 0 Å². The number of halogens is 4. The van der Waals surface area contributed by atoms with Crippen molar-refractivity contribution >= 4 is 10.8 Å². The number of benzene rings is 4. The van der Waals surface area contributed by atoms with Crippen LogP contribution in [0.3, 0.4) is 0 Å². The minimum Gasteiger partial charge on any atom is -0.494 e. The Balaban J connectivity index is 1.49. The summed E-state index contributed by atoms with van der Waals surface area (Å²) in [5.41, 5.74) is 0.885. The zero-order valence-electron chi connectivity index (χ0n) is 19.6. The summed E-state index contributed by atoms with van der Waals surface area (Å²) < 4.78 is 62.1. The Morgan fingerprint density at radius 3 is 2.03 bits per heavy atom. The molecule has 4 rings (SSSR count). The Labute approximate surface area is 207 Å². The van der Waals surface area contributed by atoms with Gasteiger partial charge in [-0.25, -0.2) is 17.6 Å². The van der Waals surface area contributed by atoms with E-state index in [0.29, 0.717) is 23.1 Å². The van der Waals surface area contributed by atoms with E-state index < -0.39 is 28.8 Å². The summed E-state index contributed by atoms with van der Waals surface area (Å²) in [5, 5.41) is 0.540. The molecule has 0 N–H and O–H groups in total. The van der Waals surface area contributed by atoms with Crippen molar-refractivity contribution in [1.82, 2.24) is 0 Å². The lowest BCUT2D eigenvalue weighted by molar-refractivity contribution is 0.306. The summed E-state index contributed by atoms with van der Waals surface area (Å²) in [6.07, 6.45) is 3.25. The topological polar surface area (TPSA) is 9.23 Å². The van der Waals surface area contributed by atoms with Crippen LogP contribution in [0.1, 0.15) is 48.4 Å². The molecule has 0 aliphatic heterocycles. The summed E-state index contributed by atoms with van der Waals surface area (Å²) in [6, 6.07) is 16.3. The Hall–Kier alpha value is -4.22. The smallest absolute Gasteiger partial charge is 0.166 e. The maximum Gasteiger partial charge on any atom is 0.166 e. The van der Waals surface area contributed by atoms with Gasteiger partial charge in [0.25, 0.3) is 0 Å². The van der Waals surface area contributed by atoms with Crippen molar-refractivity contribution in [3.8, 4) is 29.4 Å². The first-order chi connectivity index (χ1) is 17.4. The molecule has 0 aliphatic rings. The quantitative estimate of drug-likeness (QED) is 0.159. The predicted molar refractivity (Wildman–Crippen MR) is 134 cm³/mol. The number of rotatable bonds is 5. The van der Waals surface area contributed by atoms with E-state index in [0.717, 1.165) is 43.2 Å². The molecular weight excluding hydrogens is 464 g/mol. The summed E-state index contributed by atoms with van der Waals surface area (Å²) in [5.74, 6) is 8.01. The van der Waals surface area contributed by atoms with E-state index in [4.69, 9.17) is 4.74 Å². The van der Waals surface area contributed by atoms with Gasteiger partial charge in [-0.1, -0.05) is 55.6 Å². The van der Waals surface area contributed by atoms with Crippen molar-refractivity contribution in [1.29, 1.82) is 0 Å². The molecule has 0 saturated heterocycles. The highest BCUT2D eigenvalue weighted by atomic mass is 19.2. The van der Waals surface area contributed by atoms with Crippen molar-refractivity contribution in [3.05, 3.63) is 112 Å². The molecule has 0 atom stereocenters. The Kier molecular flexibility index (Phi) is 7.93. The molecule has 4 aromatic carbocycles. The van der Waals surface area contributed by atoms with Crippen molar-refractivity contribution in [2.24, 2.45) is 0 Å². The van der Waals surface area contributed by atoms with Crippen LogP contribution in [-0.2, 0) is 0 Å². The molecule has 0 aromatic heterocycles. The first-order valence-electron chi connectivity index (χ1n) is 11.6. The lowest BCUT2D eigenvalue weighted by Crippen LogP contribution is -1.96. The zero-order chi connectivity index (χ0) is 25.5. The third-order valence-electron chi connectivity index (χ3n) is 5.50. The molecule has 0 bridgehead atoms. The standard InChI is InChI=1S/C31H22F4O/c1-2-3-4-17-36-25-12-7-21(8-13-25)5-6-23-19-29(33)27(30(34)20-23)15-10-22-9-14-26-24(18-22)11-16-28(32)31(26)35/h7-9,11-14,16,18-20H,2-4,17H2,1H3. The summed E-state index contributed by atoms with van der Waals surface area (Å²) in [4.78, 5) is 0. The molecule has 4 aromatic rings. The van der Waals surface area contributed by atoms with Gasteiger partial charge >= 0.3 is 0 Å². The molecular formula is C31H22F4O. The maximum absolute atomic E-state index is 14.6. The molecule has 5 heteroatoms. The van der Waals surface area contributed by atoms with Crippen LogP contribution >= 0.6 is 0 Å². The largest absolute Gasteiger partial charge is 0.494 e. The van der Waals surface area contributed by atoms with Gasteiger partial charge in [0, 0.05) is 22.1 Å². The van der Waals surface area contributed by atoms with Gasteiger partial charge in [0.1, 0.15) is 17.4 Å². The first kappa shape index (κ1) is 24.9. The van der Waals surface area contributed by atoms with Crippen molar-refractivity contribution in [3.63, 3.8) is 0 Å².